The standard InChI is InChI=1S/C14H18F3NO2/c1-3-13(2,8-9-19)18-12(20)10-6-4-5-7-11(10)14(15,16)17/h4-7,19H,3,8-9H2,1-2H3,(H,18,20). The summed E-state index contributed by atoms with van der Waals surface area (Å²) in [5.41, 5.74) is -2.09. The first-order valence-electron chi connectivity index (χ1n) is 6.33. The van der Waals surface area contributed by atoms with Crippen molar-refractivity contribution >= 4 is 5.91 Å². The van der Waals surface area contributed by atoms with Crippen LogP contribution in [0.25, 0.3) is 0 Å². The van der Waals surface area contributed by atoms with E-state index >= 15 is 0 Å². The maximum Gasteiger partial charge on any atom is 0.417 e. The molecule has 0 aromatic heterocycles. The highest BCUT2D eigenvalue weighted by Crippen LogP contribution is 2.32. The monoisotopic (exact) mass is 289 g/mol. The average molecular weight is 289 g/mol. The molecule has 6 heteroatoms. The van der Waals surface area contributed by atoms with E-state index in [9.17, 15) is 18.0 Å². The van der Waals surface area contributed by atoms with E-state index in [-0.39, 0.29) is 13.0 Å². The minimum atomic E-state index is -4.58. The second kappa shape index (κ2) is 6.26. The van der Waals surface area contributed by atoms with Crippen LogP contribution >= 0.6 is 0 Å². The molecule has 2 N–H and O–H groups in total. The average Bonchev–Trinajstić information content (AvgIpc) is 2.38. The molecule has 1 aromatic rings. The number of carbonyl (C=O) groups is 1. The van der Waals surface area contributed by atoms with Crippen LogP contribution in [0.1, 0.15) is 42.6 Å². The van der Waals surface area contributed by atoms with Gasteiger partial charge in [0.2, 0.25) is 0 Å². The molecule has 20 heavy (non-hydrogen) atoms. The van der Waals surface area contributed by atoms with Gasteiger partial charge in [-0.3, -0.25) is 4.79 Å². The maximum absolute atomic E-state index is 12.9. The number of benzene rings is 1. The number of hydrogen-bond donors (Lipinski definition) is 2. The fourth-order valence-electron chi connectivity index (χ4n) is 1.84. The Bertz CT molecular complexity index is 474. The molecule has 0 saturated heterocycles. The van der Waals surface area contributed by atoms with Crippen molar-refractivity contribution in [1.82, 2.24) is 5.32 Å². The van der Waals surface area contributed by atoms with Gasteiger partial charge in [0.25, 0.3) is 5.91 Å². The lowest BCUT2D eigenvalue weighted by molar-refractivity contribution is -0.138. The molecule has 112 valence electrons. The third kappa shape index (κ3) is 3.96. The zero-order valence-electron chi connectivity index (χ0n) is 11.4. The highest BCUT2D eigenvalue weighted by atomic mass is 19.4. The van der Waals surface area contributed by atoms with E-state index in [1.54, 1.807) is 13.8 Å². The first-order valence-corrected chi connectivity index (χ1v) is 6.33. The van der Waals surface area contributed by atoms with E-state index in [0.29, 0.717) is 6.42 Å². The van der Waals surface area contributed by atoms with Gasteiger partial charge in [-0.2, -0.15) is 13.2 Å². The Balaban J connectivity index is 3.05. The fourth-order valence-corrected chi connectivity index (χ4v) is 1.84. The molecule has 1 unspecified atom stereocenters. The first-order chi connectivity index (χ1) is 9.23. The van der Waals surface area contributed by atoms with Gasteiger partial charge in [0.15, 0.2) is 0 Å². The fraction of sp³-hybridized carbons (Fsp3) is 0.500. The minimum absolute atomic E-state index is 0.147. The Hall–Kier alpha value is -1.56. The van der Waals surface area contributed by atoms with Crippen LogP contribution in [0, 0.1) is 0 Å². The van der Waals surface area contributed by atoms with Crippen LogP contribution in [0.5, 0.6) is 0 Å². The van der Waals surface area contributed by atoms with Crippen LogP contribution in [-0.4, -0.2) is 23.2 Å². The van der Waals surface area contributed by atoms with E-state index in [4.69, 9.17) is 5.11 Å². The summed E-state index contributed by atoms with van der Waals surface area (Å²) in [4.78, 5) is 12.1. The molecule has 0 aliphatic carbocycles. The summed E-state index contributed by atoms with van der Waals surface area (Å²) in [5, 5.41) is 11.5. The van der Waals surface area contributed by atoms with E-state index in [0.717, 1.165) is 12.1 Å². The Kier molecular flexibility index (Phi) is 5.16. The second-order valence-electron chi connectivity index (χ2n) is 4.89. The van der Waals surface area contributed by atoms with E-state index in [2.05, 4.69) is 5.32 Å². The quantitative estimate of drug-likeness (QED) is 0.875. The normalized spacial score (nSPS) is 14.7. The number of alkyl halides is 3. The van der Waals surface area contributed by atoms with Crippen LogP contribution in [0.3, 0.4) is 0 Å². The summed E-state index contributed by atoms with van der Waals surface area (Å²) < 4.78 is 38.6. The summed E-state index contributed by atoms with van der Waals surface area (Å²) in [6.45, 7) is 3.34. The Morgan fingerprint density at radius 3 is 2.40 bits per heavy atom. The van der Waals surface area contributed by atoms with Gasteiger partial charge in [0, 0.05) is 12.1 Å². The molecule has 1 atom stereocenters. The predicted molar refractivity (Wildman–Crippen MR) is 69.3 cm³/mol. The highest BCUT2D eigenvalue weighted by Gasteiger charge is 2.36. The molecule has 0 aliphatic rings. The van der Waals surface area contributed by atoms with Crippen molar-refractivity contribution in [3.05, 3.63) is 35.4 Å². The zero-order chi connectivity index (χ0) is 15.4. The SMILES string of the molecule is CCC(C)(CCO)NC(=O)c1ccccc1C(F)(F)F. The summed E-state index contributed by atoms with van der Waals surface area (Å²) in [5.74, 6) is -0.782. The number of hydrogen-bond acceptors (Lipinski definition) is 2. The molecule has 0 fully saturated rings. The zero-order valence-corrected chi connectivity index (χ0v) is 11.4. The van der Waals surface area contributed by atoms with Crippen molar-refractivity contribution in [3.63, 3.8) is 0 Å². The van der Waals surface area contributed by atoms with Crippen molar-refractivity contribution in [1.29, 1.82) is 0 Å². The number of amides is 1. The largest absolute Gasteiger partial charge is 0.417 e. The minimum Gasteiger partial charge on any atom is -0.396 e. The number of carbonyl (C=O) groups excluding carboxylic acids is 1. The number of aliphatic hydroxyl groups excluding tert-OH is 1. The van der Waals surface area contributed by atoms with Crippen molar-refractivity contribution in [2.45, 2.75) is 38.4 Å². The third-order valence-corrected chi connectivity index (χ3v) is 3.34. The van der Waals surface area contributed by atoms with E-state index in [1.165, 1.54) is 12.1 Å². The maximum atomic E-state index is 12.9. The molecule has 0 saturated carbocycles. The number of halogens is 3. The lowest BCUT2D eigenvalue weighted by atomic mass is 9.94. The molecule has 3 nitrogen and oxygen atoms in total. The van der Waals surface area contributed by atoms with E-state index < -0.39 is 28.7 Å². The molecule has 0 radical (unpaired) electrons. The summed E-state index contributed by atoms with van der Waals surface area (Å²) >= 11 is 0. The van der Waals surface area contributed by atoms with Crippen LogP contribution in [-0.2, 0) is 6.18 Å². The molecular formula is C14H18F3NO2. The number of aliphatic hydroxyl groups is 1. The Morgan fingerprint density at radius 1 is 1.30 bits per heavy atom. The molecule has 0 heterocycles. The van der Waals surface area contributed by atoms with Gasteiger partial charge in [-0.1, -0.05) is 19.1 Å². The van der Waals surface area contributed by atoms with Gasteiger partial charge in [0.05, 0.1) is 11.1 Å². The van der Waals surface area contributed by atoms with Crippen LogP contribution in [0.2, 0.25) is 0 Å². The van der Waals surface area contributed by atoms with Gasteiger partial charge in [-0.05, 0) is 31.9 Å². The highest BCUT2D eigenvalue weighted by molar-refractivity contribution is 5.96. The number of nitrogens with one attached hydrogen (secondary N) is 1. The molecule has 1 aromatic carbocycles. The smallest absolute Gasteiger partial charge is 0.396 e. The van der Waals surface area contributed by atoms with Gasteiger partial charge in [-0.15, -0.1) is 0 Å². The Labute approximate surface area is 115 Å². The predicted octanol–water partition coefficient (Wildman–Crippen LogP) is 2.99. The van der Waals surface area contributed by atoms with Gasteiger partial charge in [0.1, 0.15) is 0 Å². The lowest BCUT2D eigenvalue weighted by Crippen LogP contribution is -2.46. The van der Waals surface area contributed by atoms with Crippen LogP contribution in [0.15, 0.2) is 24.3 Å². The van der Waals surface area contributed by atoms with Crippen molar-refractivity contribution in [2.24, 2.45) is 0 Å². The molecule has 0 bridgehead atoms. The third-order valence-electron chi connectivity index (χ3n) is 3.34. The van der Waals surface area contributed by atoms with Crippen LogP contribution in [0.4, 0.5) is 13.2 Å². The first kappa shape index (κ1) is 16.5. The van der Waals surface area contributed by atoms with Gasteiger partial charge < -0.3 is 10.4 Å². The number of rotatable bonds is 5. The topological polar surface area (TPSA) is 49.3 Å². The van der Waals surface area contributed by atoms with Crippen molar-refractivity contribution < 1.29 is 23.1 Å². The summed E-state index contributed by atoms with van der Waals surface area (Å²) in [6, 6.07) is 4.66. The second-order valence-corrected chi connectivity index (χ2v) is 4.89. The molecule has 1 amide bonds. The van der Waals surface area contributed by atoms with Crippen molar-refractivity contribution in [2.75, 3.05) is 6.61 Å². The van der Waals surface area contributed by atoms with Gasteiger partial charge >= 0.3 is 6.18 Å². The molecule has 0 spiro atoms. The molecule has 1 rings (SSSR count). The molecular weight excluding hydrogens is 271 g/mol. The summed E-state index contributed by atoms with van der Waals surface area (Å²) in [7, 11) is 0. The van der Waals surface area contributed by atoms with Gasteiger partial charge in [-0.25, -0.2) is 0 Å². The summed E-state index contributed by atoms with van der Waals surface area (Å²) in [6.07, 6.45) is -3.79. The van der Waals surface area contributed by atoms with Crippen molar-refractivity contribution in [3.8, 4) is 0 Å². The van der Waals surface area contributed by atoms with E-state index in [1.807, 2.05) is 0 Å². The molecule has 0 aliphatic heterocycles. The van der Waals surface area contributed by atoms with Crippen LogP contribution < -0.4 is 5.32 Å². The lowest BCUT2D eigenvalue weighted by Gasteiger charge is -2.29. The Morgan fingerprint density at radius 2 is 1.90 bits per heavy atom.